The van der Waals surface area contributed by atoms with Crippen LogP contribution in [0, 0.1) is 0 Å². The van der Waals surface area contributed by atoms with Crippen LogP contribution in [-0.4, -0.2) is 28.6 Å². The number of esters is 1. The molecule has 1 aromatic heterocycles. The van der Waals surface area contributed by atoms with Gasteiger partial charge in [0.2, 0.25) is 0 Å². The number of benzene rings is 3. The SMILES string of the molecule is CC.CCOC(=O)C(Cc1ccc(N)cc1)Nc1cc(-c2ccc(OCc3ccccc3)cc2)ncn1. The minimum Gasteiger partial charge on any atom is -0.489 e. The van der Waals surface area contributed by atoms with Crippen LogP contribution in [0.1, 0.15) is 31.9 Å². The van der Waals surface area contributed by atoms with Crippen LogP contribution in [0.25, 0.3) is 11.3 Å². The summed E-state index contributed by atoms with van der Waals surface area (Å²) >= 11 is 0. The molecule has 4 rings (SSSR count). The molecule has 0 fully saturated rings. The first-order valence-electron chi connectivity index (χ1n) is 12.5. The van der Waals surface area contributed by atoms with Gasteiger partial charge in [0.15, 0.2) is 0 Å². The smallest absolute Gasteiger partial charge is 0.328 e. The molecule has 0 aliphatic rings. The Kier molecular flexibility index (Phi) is 10.5. The summed E-state index contributed by atoms with van der Waals surface area (Å²) < 4.78 is 11.1. The van der Waals surface area contributed by atoms with Crippen LogP contribution in [0.2, 0.25) is 0 Å². The van der Waals surface area contributed by atoms with E-state index in [-0.39, 0.29) is 5.97 Å². The van der Waals surface area contributed by atoms with Gasteiger partial charge in [0.1, 0.15) is 30.5 Å². The highest BCUT2D eigenvalue weighted by Gasteiger charge is 2.21. The van der Waals surface area contributed by atoms with Crippen molar-refractivity contribution in [2.24, 2.45) is 0 Å². The van der Waals surface area contributed by atoms with Gasteiger partial charge in [-0.15, -0.1) is 0 Å². The summed E-state index contributed by atoms with van der Waals surface area (Å²) in [7, 11) is 0. The fourth-order valence-corrected chi connectivity index (χ4v) is 3.56. The normalized spacial score (nSPS) is 11.0. The van der Waals surface area contributed by atoms with E-state index in [2.05, 4.69) is 15.3 Å². The molecule has 1 atom stereocenters. The number of nitrogen functional groups attached to an aromatic ring is 1. The van der Waals surface area contributed by atoms with Gasteiger partial charge in [-0.05, 0) is 54.4 Å². The third-order valence-electron chi connectivity index (χ3n) is 5.38. The van der Waals surface area contributed by atoms with Gasteiger partial charge in [-0.2, -0.15) is 0 Å². The first kappa shape index (κ1) is 27.2. The number of aromatic nitrogens is 2. The highest BCUT2D eigenvalue weighted by Crippen LogP contribution is 2.23. The first-order valence-corrected chi connectivity index (χ1v) is 12.5. The zero-order valence-electron chi connectivity index (χ0n) is 21.6. The molecule has 1 heterocycles. The van der Waals surface area contributed by atoms with Gasteiger partial charge >= 0.3 is 5.97 Å². The van der Waals surface area contributed by atoms with Crippen LogP contribution >= 0.6 is 0 Å². The van der Waals surface area contributed by atoms with Crippen LogP contribution in [0.5, 0.6) is 5.75 Å². The number of anilines is 2. The van der Waals surface area contributed by atoms with Gasteiger partial charge in [0.25, 0.3) is 0 Å². The summed E-state index contributed by atoms with van der Waals surface area (Å²) in [5.41, 5.74) is 10.2. The molecular formula is C30H34N4O3. The summed E-state index contributed by atoms with van der Waals surface area (Å²) in [6, 6.07) is 26.4. The molecule has 7 heteroatoms. The Bertz CT molecular complexity index is 1230. The lowest BCUT2D eigenvalue weighted by molar-refractivity contribution is -0.144. The molecule has 4 aromatic rings. The second kappa shape index (κ2) is 14.2. The molecule has 0 amide bonds. The van der Waals surface area contributed by atoms with Crippen LogP contribution < -0.4 is 15.8 Å². The van der Waals surface area contributed by atoms with E-state index in [0.717, 1.165) is 28.1 Å². The van der Waals surface area contributed by atoms with Gasteiger partial charge < -0.3 is 20.5 Å². The number of nitrogens with zero attached hydrogens (tertiary/aromatic N) is 2. The molecule has 0 saturated carbocycles. The second-order valence-electron chi connectivity index (χ2n) is 7.98. The number of nitrogens with two attached hydrogens (primary N) is 1. The molecule has 0 bridgehead atoms. The van der Waals surface area contributed by atoms with Crippen molar-refractivity contribution in [2.75, 3.05) is 17.7 Å². The molecule has 192 valence electrons. The van der Waals surface area contributed by atoms with Crippen molar-refractivity contribution in [3.8, 4) is 17.0 Å². The van der Waals surface area contributed by atoms with E-state index in [9.17, 15) is 4.79 Å². The van der Waals surface area contributed by atoms with Crippen molar-refractivity contribution >= 4 is 17.5 Å². The van der Waals surface area contributed by atoms with E-state index in [0.29, 0.717) is 31.1 Å². The average molecular weight is 499 g/mol. The van der Waals surface area contributed by atoms with Gasteiger partial charge in [-0.3, -0.25) is 0 Å². The molecular weight excluding hydrogens is 464 g/mol. The molecule has 0 saturated heterocycles. The zero-order chi connectivity index (χ0) is 26.5. The number of hydrogen-bond donors (Lipinski definition) is 2. The maximum Gasteiger partial charge on any atom is 0.328 e. The topological polar surface area (TPSA) is 99.4 Å². The number of carbonyl (C=O) groups excluding carboxylic acids is 1. The lowest BCUT2D eigenvalue weighted by Gasteiger charge is -2.18. The van der Waals surface area contributed by atoms with E-state index < -0.39 is 6.04 Å². The summed E-state index contributed by atoms with van der Waals surface area (Å²) in [4.78, 5) is 21.3. The van der Waals surface area contributed by atoms with Crippen molar-refractivity contribution in [3.05, 3.63) is 102 Å². The average Bonchev–Trinajstić information content (AvgIpc) is 2.95. The number of nitrogens with one attached hydrogen (secondary N) is 1. The maximum absolute atomic E-state index is 12.6. The standard InChI is InChI=1S/C28H28N4O3.C2H6/c1-2-34-28(33)26(16-20-8-12-23(29)13-9-20)32-27-17-25(30-19-31-27)22-10-14-24(15-11-22)35-18-21-6-4-3-5-7-21;1-2/h3-15,17,19,26H,2,16,18,29H2,1H3,(H,30,31,32);1-2H3. The van der Waals surface area contributed by atoms with Gasteiger partial charge in [-0.25, -0.2) is 14.8 Å². The van der Waals surface area contributed by atoms with Crippen LogP contribution in [0.15, 0.2) is 91.3 Å². The molecule has 7 nitrogen and oxygen atoms in total. The molecule has 37 heavy (non-hydrogen) atoms. The Labute approximate surface area is 218 Å². The van der Waals surface area contributed by atoms with Crippen LogP contribution in [0.4, 0.5) is 11.5 Å². The Morgan fingerprint density at radius 1 is 0.919 bits per heavy atom. The van der Waals surface area contributed by atoms with E-state index in [1.54, 1.807) is 6.92 Å². The van der Waals surface area contributed by atoms with E-state index in [1.807, 2.05) is 98.8 Å². The number of carbonyl (C=O) groups is 1. The van der Waals surface area contributed by atoms with E-state index in [1.165, 1.54) is 6.33 Å². The first-order chi connectivity index (χ1) is 18.1. The largest absolute Gasteiger partial charge is 0.489 e. The fraction of sp³-hybridized carbons (Fsp3) is 0.233. The van der Waals surface area contributed by atoms with Crippen molar-refractivity contribution in [1.29, 1.82) is 0 Å². The predicted octanol–water partition coefficient (Wildman–Crippen LogP) is 5.92. The number of hydrogen-bond acceptors (Lipinski definition) is 7. The monoisotopic (exact) mass is 498 g/mol. The zero-order valence-corrected chi connectivity index (χ0v) is 21.6. The van der Waals surface area contributed by atoms with Crippen molar-refractivity contribution in [1.82, 2.24) is 9.97 Å². The summed E-state index contributed by atoms with van der Waals surface area (Å²) in [5.74, 6) is 0.966. The highest BCUT2D eigenvalue weighted by atomic mass is 16.5. The van der Waals surface area contributed by atoms with Gasteiger partial charge in [0, 0.05) is 23.7 Å². The minimum absolute atomic E-state index is 0.298. The number of ether oxygens (including phenoxy) is 2. The molecule has 0 spiro atoms. The lowest BCUT2D eigenvalue weighted by atomic mass is 10.1. The quantitative estimate of drug-likeness (QED) is 0.207. The van der Waals surface area contributed by atoms with Crippen molar-refractivity contribution in [3.63, 3.8) is 0 Å². The second-order valence-corrected chi connectivity index (χ2v) is 7.98. The Morgan fingerprint density at radius 2 is 1.62 bits per heavy atom. The molecule has 1 unspecified atom stereocenters. The maximum atomic E-state index is 12.6. The van der Waals surface area contributed by atoms with Gasteiger partial charge in [0.05, 0.1) is 12.3 Å². The fourth-order valence-electron chi connectivity index (χ4n) is 3.56. The predicted molar refractivity (Wildman–Crippen MR) is 148 cm³/mol. The van der Waals surface area contributed by atoms with E-state index in [4.69, 9.17) is 15.2 Å². The third kappa shape index (κ3) is 8.35. The molecule has 0 aliphatic carbocycles. The van der Waals surface area contributed by atoms with Gasteiger partial charge in [-0.1, -0.05) is 56.3 Å². The molecule has 3 aromatic carbocycles. The van der Waals surface area contributed by atoms with Crippen molar-refractivity contribution in [2.45, 2.75) is 39.8 Å². The van der Waals surface area contributed by atoms with Crippen molar-refractivity contribution < 1.29 is 14.3 Å². The minimum atomic E-state index is -0.602. The third-order valence-corrected chi connectivity index (χ3v) is 5.38. The van der Waals surface area contributed by atoms with E-state index >= 15 is 0 Å². The lowest BCUT2D eigenvalue weighted by Crippen LogP contribution is -2.34. The Balaban J connectivity index is 0.00000186. The molecule has 3 N–H and O–H groups in total. The van der Waals surface area contributed by atoms with Crippen LogP contribution in [0.3, 0.4) is 0 Å². The number of rotatable bonds is 10. The Morgan fingerprint density at radius 3 is 2.30 bits per heavy atom. The summed E-state index contributed by atoms with van der Waals surface area (Å²) in [5, 5.41) is 3.21. The molecule has 0 radical (unpaired) electrons. The summed E-state index contributed by atoms with van der Waals surface area (Å²) in [6.45, 7) is 6.59. The summed E-state index contributed by atoms with van der Waals surface area (Å²) in [6.07, 6.45) is 1.91. The Hall–Kier alpha value is -4.39. The van der Waals surface area contributed by atoms with Crippen LogP contribution in [-0.2, 0) is 22.6 Å². The molecule has 0 aliphatic heterocycles. The highest BCUT2D eigenvalue weighted by molar-refractivity contribution is 5.79.